The first-order valence-electron chi connectivity index (χ1n) is 10.9. The van der Waals surface area contributed by atoms with Gasteiger partial charge in [0, 0.05) is 24.6 Å². The molecule has 0 bridgehead atoms. The summed E-state index contributed by atoms with van der Waals surface area (Å²) in [4.78, 5) is 32.2. The molecule has 0 aliphatic carbocycles. The second-order valence-electron chi connectivity index (χ2n) is 8.99. The number of nitrogens with one attached hydrogen (secondary N) is 1. The molecule has 1 atom stereocenters. The topological polar surface area (TPSA) is 71.5 Å². The Kier molecular flexibility index (Phi) is 7.66. The molecule has 1 unspecified atom stereocenters. The number of methoxy groups -OCH3 is 1. The number of pyridine rings is 1. The number of rotatable bonds is 8. The smallest absolute Gasteiger partial charge is 0.251 e. The quantitative estimate of drug-likeness (QED) is 0.515. The van der Waals surface area contributed by atoms with Crippen LogP contribution in [0, 0.1) is 0 Å². The van der Waals surface area contributed by atoms with Gasteiger partial charge in [-0.25, -0.2) is 0 Å². The maximum atomic E-state index is 13.4. The van der Waals surface area contributed by atoms with Crippen LogP contribution in [-0.2, 0) is 16.0 Å². The van der Waals surface area contributed by atoms with E-state index in [0.717, 1.165) is 0 Å². The third kappa shape index (κ3) is 6.29. The summed E-state index contributed by atoms with van der Waals surface area (Å²) < 4.78 is 5.24. The Balaban J connectivity index is 1.85. The van der Waals surface area contributed by atoms with E-state index in [9.17, 15) is 9.59 Å². The van der Waals surface area contributed by atoms with E-state index in [1.807, 2.05) is 30.3 Å². The van der Waals surface area contributed by atoms with Crippen LogP contribution in [0.25, 0.3) is 0 Å². The normalized spacial score (nSPS) is 12.0. The molecule has 1 heterocycles. The van der Waals surface area contributed by atoms with Gasteiger partial charge in [0.25, 0.3) is 5.91 Å². The molecule has 1 aromatic heterocycles. The fraction of sp³-hybridized carbons (Fsp3) is 0.269. The molecule has 6 nitrogen and oxygen atoms in total. The minimum Gasteiger partial charge on any atom is -0.497 e. The minimum atomic E-state index is -1.43. The summed E-state index contributed by atoms with van der Waals surface area (Å²) in [6.07, 6.45) is 1.77. The zero-order chi connectivity index (χ0) is 24.0. The molecule has 3 aromatic rings. The number of hydrogen-bond acceptors (Lipinski definition) is 4. The van der Waals surface area contributed by atoms with Gasteiger partial charge in [-0.3, -0.25) is 14.6 Å². The predicted molar refractivity (Wildman–Crippen MR) is 134 cm³/mol. The van der Waals surface area contributed by atoms with Gasteiger partial charge in [-0.15, -0.1) is 0 Å². The van der Waals surface area contributed by atoms with Crippen LogP contribution < -0.4 is 15.2 Å². The molecule has 0 aliphatic rings. The number of amides is 2. The van der Waals surface area contributed by atoms with Crippen LogP contribution in [0.5, 0.6) is 5.75 Å². The van der Waals surface area contributed by atoms with Gasteiger partial charge >= 0.3 is 0 Å². The molecule has 0 saturated heterocycles. The highest BCUT2D eigenvalue weighted by molar-refractivity contribution is 6.88. The second kappa shape index (κ2) is 10.4. The van der Waals surface area contributed by atoms with Crippen molar-refractivity contribution in [3.05, 3.63) is 84.2 Å². The largest absolute Gasteiger partial charge is 0.497 e. The molecule has 7 heteroatoms. The summed E-state index contributed by atoms with van der Waals surface area (Å²) in [5, 5.41) is 4.30. The van der Waals surface area contributed by atoms with E-state index in [-0.39, 0.29) is 18.2 Å². The molecule has 2 amide bonds. The average Bonchev–Trinajstić information content (AvgIpc) is 2.80. The van der Waals surface area contributed by atoms with Crippen molar-refractivity contribution in [2.24, 2.45) is 0 Å². The van der Waals surface area contributed by atoms with Crippen molar-refractivity contribution in [1.82, 2.24) is 9.88 Å². The third-order valence-corrected chi connectivity index (χ3v) is 7.60. The number of benzene rings is 2. The monoisotopic (exact) mass is 461 g/mol. The van der Waals surface area contributed by atoms with Crippen molar-refractivity contribution >= 4 is 30.8 Å². The first-order valence-corrected chi connectivity index (χ1v) is 14.4. The molecule has 1 N–H and O–H groups in total. The molecule has 0 saturated carbocycles. The predicted octanol–water partition coefficient (Wildman–Crippen LogP) is 4.02. The van der Waals surface area contributed by atoms with E-state index in [1.165, 1.54) is 10.1 Å². The van der Waals surface area contributed by atoms with E-state index in [1.54, 1.807) is 44.6 Å². The Morgan fingerprint density at radius 1 is 1.00 bits per heavy atom. The van der Waals surface area contributed by atoms with E-state index in [2.05, 4.69) is 42.1 Å². The Hall–Kier alpha value is -3.45. The van der Waals surface area contributed by atoms with E-state index < -0.39 is 14.1 Å². The molecule has 172 valence electrons. The van der Waals surface area contributed by atoms with Gasteiger partial charge in [-0.05, 0) is 42.0 Å². The Morgan fingerprint density at radius 3 is 2.21 bits per heavy atom. The number of nitrogens with zero attached hydrogens (tertiary/aromatic N) is 2. The Morgan fingerprint density at radius 2 is 1.67 bits per heavy atom. The van der Waals surface area contributed by atoms with E-state index in [4.69, 9.17) is 4.74 Å². The van der Waals surface area contributed by atoms with Gasteiger partial charge in [0.15, 0.2) is 0 Å². The van der Waals surface area contributed by atoms with Crippen LogP contribution in [0.3, 0.4) is 0 Å². The zero-order valence-corrected chi connectivity index (χ0v) is 20.8. The summed E-state index contributed by atoms with van der Waals surface area (Å²) in [6.45, 7) is 6.84. The lowest BCUT2D eigenvalue weighted by Gasteiger charge is -2.28. The van der Waals surface area contributed by atoms with E-state index in [0.29, 0.717) is 22.7 Å². The fourth-order valence-corrected chi connectivity index (χ4v) is 4.69. The number of hydrogen-bond donors (Lipinski definition) is 1. The molecule has 0 fully saturated rings. The summed E-state index contributed by atoms with van der Waals surface area (Å²) >= 11 is 0. The summed E-state index contributed by atoms with van der Waals surface area (Å²) in [7, 11) is 1.80. The van der Waals surface area contributed by atoms with Crippen molar-refractivity contribution in [3.63, 3.8) is 0 Å². The van der Waals surface area contributed by atoms with Crippen molar-refractivity contribution < 1.29 is 14.3 Å². The molecule has 33 heavy (non-hydrogen) atoms. The van der Waals surface area contributed by atoms with E-state index >= 15 is 0 Å². The van der Waals surface area contributed by atoms with Crippen molar-refractivity contribution in [2.75, 3.05) is 19.5 Å². The summed E-state index contributed by atoms with van der Waals surface area (Å²) in [6, 6.07) is 19.8. The highest BCUT2D eigenvalue weighted by Gasteiger charge is 2.29. The molecule has 0 spiro atoms. The second-order valence-corrected chi connectivity index (χ2v) is 14.1. The lowest BCUT2D eigenvalue weighted by atomic mass is 10.0. The van der Waals surface area contributed by atoms with Gasteiger partial charge < -0.3 is 15.0 Å². The van der Waals surface area contributed by atoms with Gasteiger partial charge in [0.05, 0.1) is 21.6 Å². The molecule has 0 radical (unpaired) electrons. The van der Waals surface area contributed by atoms with Crippen LogP contribution in [0.1, 0.15) is 17.3 Å². The van der Waals surface area contributed by atoms with Crippen LogP contribution in [0.2, 0.25) is 19.6 Å². The summed E-state index contributed by atoms with van der Waals surface area (Å²) in [5.74, 6) is 0.207. The molecule has 3 rings (SSSR count). The highest BCUT2D eigenvalue weighted by atomic mass is 28.3. The van der Waals surface area contributed by atoms with Gasteiger partial charge in [0.2, 0.25) is 5.91 Å². The Bertz CT molecular complexity index is 1080. The first kappa shape index (κ1) is 24.2. The fourth-order valence-electron chi connectivity index (χ4n) is 3.53. The highest BCUT2D eigenvalue weighted by Crippen LogP contribution is 2.25. The number of carbonyl (C=O) groups is 2. The number of anilines is 1. The maximum absolute atomic E-state index is 13.4. The average molecular weight is 462 g/mol. The zero-order valence-electron chi connectivity index (χ0n) is 19.8. The molecular weight excluding hydrogens is 430 g/mol. The van der Waals surface area contributed by atoms with Crippen molar-refractivity contribution in [3.8, 4) is 5.75 Å². The molecular formula is C26H31N3O3Si. The van der Waals surface area contributed by atoms with Crippen LogP contribution in [0.15, 0.2) is 72.9 Å². The summed E-state index contributed by atoms with van der Waals surface area (Å²) in [5.41, 5.74) is 2.06. The van der Waals surface area contributed by atoms with Gasteiger partial charge in [-0.1, -0.05) is 55.2 Å². The van der Waals surface area contributed by atoms with Crippen LogP contribution in [-0.4, -0.2) is 43.9 Å². The van der Waals surface area contributed by atoms with Gasteiger partial charge in [0.1, 0.15) is 11.8 Å². The molecule has 2 aromatic carbocycles. The number of aromatic nitrogens is 1. The maximum Gasteiger partial charge on any atom is 0.251 e. The minimum absolute atomic E-state index is 0.113. The third-order valence-electron chi connectivity index (χ3n) is 5.54. The van der Waals surface area contributed by atoms with Gasteiger partial charge in [-0.2, -0.15) is 0 Å². The number of carbonyl (C=O) groups excluding carboxylic acids is 2. The molecule has 0 aliphatic heterocycles. The van der Waals surface area contributed by atoms with Crippen molar-refractivity contribution in [2.45, 2.75) is 32.1 Å². The van der Waals surface area contributed by atoms with Crippen LogP contribution >= 0.6 is 0 Å². The lowest BCUT2D eigenvalue weighted by Crippen LogP contribution is -2.40. The number of likely N-dealkylation sites (N-methyl/N-ethyl adjacent to an activating group) is 1. The Labute approximate surface area is 196 Å². The number of ether oxygens (including phenoxy) is 1. The van der Waals surface area contributed by atoms with Crippen LogP contribution in [0.4, 0.5) is 5.69 Å². The first-order chi connectivity index (χ1) is 15.7. The van der Waals surface area contributed by atoms with Crippen molar-refractivity contribution in [1.29, 1.82) is 0 Å². The lowest BCUT2D eigenvalue weighted by molar-refractivity contribution is -0.136. The SMILES string of the molecule is COc1ccc(C(C(=O)Nc2ccc([Si](C)(C)C)cc2)N(C)C(=O)Cc2ccccn2)cc1. The standard InChI is InChI=1S/C26H31N3O3Si/c1-29(24(30)18-21-8-6-7-17-27-21)25(19-9-13-22(32-2)14-10-19)26(31)28-20-11-15-23(16-12-20)33(3,4)5/h6-17,25H,18H2,1-5H3,(H,28,31).